The highest BCUT2D eigenvalue weighted by atomic mass is 19.1. The van der Waals surface area contributed by atoms with Crippen molar-refractivity contribution in [2.24, 2.45) is 7.05 Å². The third kappa shape index (κ3) is 4.25. The zero-order valence-corrected chi connectivity index (χ0v) is 17.8. The maximum Gasteiger partial charge on any atom is 0.319 e. The number of halogens is 2. The highest BCUT2D eigenvalue weighted by Gasteiger charge is 2.20. The van der Waals surface area contributed by atoms with Crippen LogP contribution in [0.4, 0.5) is 25.2 Å². The van der Waals surface area contributed by atoms with E-state index in [-0.39, 0.29) is 22.9 Å². The van der Waals surface area contributed by atoms with Gasteiger partial charge in [0.2, 0.25) is 5.95 Å². The third-order valence-electron chi connectivity index (χ3n) is 5.71. The molecule has 2 heterocycles. The standard InChI is InChI=1S/C22H24F2N6O2/c1-25-21-26-11-12-8-15(20(31)30(2)19(12)29-21)14-9-18(17(24)10-16(14)23)28-22(32)27-13-6-4-3-5-7-13/h8-11,13H,3-7H2,1-2H3,(H,25,26,29)(H2,27,28,32). The predicted octanol–water partition coefficient (Wildman–Crippen LogP) is 3.77. The molecule has 0 atom stereocenters. The van der Waals surface area contributed by atoms with Crippen LogP contribution in [0.25, 0.3) is 22.2 Å². The van der Waals surface area contributed by atoms with Gasteiger partial charge in [-0.25, -0.2) is 18.6 Å². The highest BCUT2D eigenvalue weighted by Crippen LogP contribution is 2.28. The zero-order valence-electron chi connectivity index (χ0n) is 17.8. The molecule has 8 nitrogen and oxygen atoms in total. The Kier molecular flexibility index (Phi) is 6.02. The number of nitrogens with one attached hydrogen (secondary N) is 3. The monoisotopic (exact) mass is 442 g/mol. The Balaban J connectivity index is 1.69. The van der Waals surface area contributed by atoms with Gasteiger partial charge in [-0.15, -0.1) is 0 Å². The van der Waals surface area contributed by atoms with Gasteiger partial charge >= 0.3 is 6.03 Å². The molecule has 1 aliphatic carbocycles. The van der Waals surface area contributed by atoms with Crippen molar-refractivity contribution in [3.8, 4) is 11.1 Å². The first-order valence-electron chi connectivity index (χ1n) is 10.5. The van der Waals surface area contributed by atoms with E-state index in [9.17, 15) is 18.4 Å². The van der Waals surface area contributed by atoms with E-state index in [1.165, 1.54) is 23.9 Å². The van der Waals surface area contributed by atoms with Gasteiger partial charge in [0.1, 0.15) is 17.3 Å². The van der Waals surface area contributed by atoms with Gasteiger partial charge in [-0.05, 0) is 25.0 Å². The molecule has 0 radical (unpaired) electrons. The molecule has 0 saturated heterocycles. The Labute approximate surface area is 183 Å². The predicted molar refractivity (Wildman–Crippen MR) is 119 cm³/mol. The molecule has 1 fully saturated rings. The Morgan fingerprint density at radius 2 is 1.84 bits per heavy atom. The molecule has 1 aliphatic rings. The molecule has 4 rings (SSSR count). The molecular formula is C22H24F2N6O2. The quantitative estimate of drug-likeness (QED) is 0.571. The summed E-state index contributed by atoms with van der Waals surface area (Å²) in [5.74, 6) is -1.50. The van der Waals surface area contributed by atoms with Crippen LogP contribution >= 0.6 is 0 Å². The van der Waals surface area contributed by atoms with Gasteiger partial charge in [0.05, 0.1) is 11.3 Å². The normalized spacial score (nSPS) is 14.4. The summed E-state index contributed by atoms with van der Waals surface area (Å²) >= 11 is 0. The van der Waals surface area contributed by atoms with Gasteiger partial charge in [-0.3, -0.25) is 9.36 Å². The van der Waals surface area contributed by atoms with Crippen LogP contribution < -0.4 is 21.5 Å². The molecular weight excluding hydrogens is 418 g/mol. The zero-order chi connectivity index (χ0) is 22.8. The first kappa shape index (κ1) is 21.7. The highest BCUT2D eigenvalue weighted by molar-refractivity contribution is 5.91. The number of anilines is 2. The number of carbonyl (C=O) groups is 1. The van der Waals surface area contributed by atoms with Gasteiger partial charge in [0.25, 0.3) is 5.56 Å². The summed E-state index contributed by atoms with van der Waals surface area (Å²) in [6.45, 7) is 0. The van der Waals surface area contributed by atoms with Crippen molar-refractivity contribution < 1.29 is 13.6 Å². The number of fused-ring (bicyclic) bond motifs is 1. The number of carbonyl (C=O) groups excluding carboxylic acids is 1. The van der Waals surface area contributed by atoms with E-state index < -0.39 is 23.2 Å². The van der Waals surface area contributed by atoms with Crippen molar-refractivity contribution in [1.82, 2.24) is 19.9 Å². The summed E-state index contributed by atoms with van der Waals surface area (Å²) < 4.78 is 30.4. The van der Waals surface area contributed by atoms with Crippen molar-refractivity contribution in [2.75, 3.05) is 17.7 Å². The molecule has 0 unspecified atom stereocenters. The lowest BCUT2D eigenvalue weighted by Crippen LogP contribution is -2.39. The van der Waals surface area contributed by atoms with Crippen LogP contribution in [0, 0.1) is 11.6 Å². The van der Waals surface area contributed by atoms with E-state index in [4.69, 9.17) is 0 Å². The minimum atomic E-state index is -0.926. The third-order valence-corrected chi connectivity index (χ3v) is 5.71. The van der Waals surface area contributed by atoms with E-state index in [1.54, 1.807) is 7.05 Å². The first-order chi connectivity index (χ1) is 15.4. The number of amides is 2. The number of aryl methyl sites for hydroxylation is 1. The van der Waals surface area contributed by atoms with Crippen LogP contribution in [-0.4, -0.2) is 33.7 Å². The maximum atomic E-state index is 14.7. The topological polar surface area (TPSA) is 101 Å². The van der Waals surface area contributed by atoms with Crippen molar-refractivity contribution in [2.45, 2.75) is 38.1 Å². The molecule has 0 bridgehead atoms. The van der Waals surface area contributed by atoms with Crippen LogP contribution in [0.5, 0.6) is 0 Å². The second kappa shape index (κ2) is 8.89. The molecule has 3 aromatic rings. The molecule has 168 valence electrons. The molecule has 0 spiro atoms. The molecule has 1 aromatic carbocycles. The second-order valence-electron chi connectivity index (χ2n) is 7.89. The molecule has 1 saturated carbocycles. The SMILES string of the molecule is CNc1ncc2cc(-c3cc(NC(=O)NC4CCCCC4)c(F)cc3F)c(=O)n(C)c2n1. The Hall–Kier alpha value is -3.56. The Morgan fingerprint density at radius 1 is 1.09 bits per heavy atom. The van der Waals surface area contributed by atoms with Crippen LogP contribution in [0.3, 0.4) is 0 Å². The van der Waals surface area contributed by atoms with Crippen molar-refractivity contribution in [3.05, 3.63) is 46.4 Å². The summed E-state index contributed by atoms with van der Waals surface area (Å²) in [5.41, 5.74) is -0.473. The van der Waals surface area contributed by atoms with E-state index in [0.717, 1.165) is 38.2 Å². The van der Waals surface area contributed by atoms with Crippen molar-refractivity contribution >= 4 is 28.7 Å². The number of hydrogen-bond donors (Lipinski definition) is 3. The number of urea groups is 1. The van der Waals surface area contributed by atoms with Crippen LogP contribution in [-0.2, 0) is 7.05 Å². The number of rotatable bonds is 4. The lowest BCUT2D eigenvalue weighted by molar-refractivity contribution is 0.244. The van der Waals surface area contributed by atoms with Crippen LogP contribution in [0.2, 0.25) is 0 Å². The fraction of sp³-hybridized carbons (Fsp3) is 0.364. The van der Waals surface area contributed by atoms with E-state index in [2.05, 4.69) is 25.9 Å². The van der Waals surface area contributed by atoms with Crippen molar-refractivity contribution in [1.29, 1.82) is 0 Å². The lowest BCUT2D eigenvalue weighted by Gasteiger charge is -2.23. The van der Waals surface area contributed by atoms with E-state index in [1.807, 2.05) is 0 Å². The average Bonchev–Trinajstić information content (AvgIpc) is 2.78. The number of nitrogens with zero attached hydrogens (tertiary/aromatic N) is 3. The van der Waals surface area contributed by atoms with Crippen LogP contribution in [0.1, 0.15) is 32.1 Å². The van der Waals surface area contributed by atoms with Crippen LogP contribution in [0.15, 0.2) is 29.2 Å². The van der Waals surface area contributed by atoms with Gasteiger partial charge in [-0.1, -0.05) is 19.3 Å². The summed E-state index contributed by atoms with van der Waals surface area (Å²) in [4.78, 5) is 33.7. The number of aromatic nitrogens is 3. The largest absolute Gasteiger partial charge is 0.357 e. The fourth-order valence-corrected chi connectivity index (χ4v) is 4.00. The first-order valence-corrected chi connectivity index (χ1v) is 10.5. The summed E-state index contributed by atoms with van der Waals surface area (Å²) in [6, 6.07) is 2.72. The van der Waals surface area contributed by atoms with Crippen molar-refractivity contribution in [3.63, 3.8) is 0 Å². The Morgan fingerprint density at radius 3 is 2.56 bits per heavy atom. The minimum absolute atomic E-state index is 0.00838. The molecule has 3 N–H and O–H groups in total. The molecule has 10 heteroatoms. The fourth-order valence-electron chi connectivity index (χ4n) is 4.00. The number of hydrogen-bond acceptors (Lipinski definition) is 5. The van der Waals surface area contributed by atoms with Gasteiger partial charge in [0.15, 0.2) is 0 Å². The second-order valence-corrected chi connectivity index (χ2v) is 7.89. The smallest absolute Gasteiger partial charge is 0.319 e. The van der Waals surface area contributed by atoms with Gasteiger partial charge in [0, 0.05) is 43.4 Å². The summed E-state index contributed by atoms with van der Waals surface area (Å²) in [6.07, 6.45) is 6.45. The average molecular weight is 442 g/mol. The van der Waals surface area contributed by atoms with E-state index >= 15 is 0 Å². The molecule has 0 aliphatic heterocycles. The lowest BCUT2D eigenvalue weighted by atomic mass is 9.96. The summed E-state index contributed by atoms with van der Waals surface area (Å²) in [7, 11) is 3.17. The molecule has 2 aromatic heterocycles. The minimum Gasteiger partial charge on any atom is -0.357 e. The van der Waals surface area contributed by atoms with E-state index in [0.29, 0.717) is 23.0 Å². The molecule has 2 amide bonds. The Bertz CT molecular complexity index is 1240. The summed E-state index contributed by atoms with van der Waals surface area (Å²) in [5, 5.41) is 8.58. The van der Waals surface area contributed by atoms with Gasteiger partial charge in [-0.2, -0.15) is 4.98 Å². The number of benzene rings is 1. The van der Waals surface area contributed by atoms with Gasteiger partial charge < -0.3 is 16.0 Å². The maximum absolute atomic E-state index is 14.7. The molecule has 32 heavy (non-hydrogen) atoms. The number of pyridine rings is 1.